The zero-order chi connectivity index (χ0) is 19.8. The fourth-order valence-corrected chi connectivity index (χ4v) is 3.74. The van der Waals surface area contributed by atoms with Gasteiger partial charge in [-0.05, 0) is 44.5 Å². The number of aliphatic imine (C=N–C) groups is 1. The van der Waals surface area contributed by atoms with Gasteiger partial charge < -0.3 is 24.4 Å². The normalized spacial score (nSPS) is 22.2. The lowest BCUT2D eigenvalue weighted by molar-refractivity contribution is 0.0195. The Balaban J connectivity index is 1.52. The van der Waals surface area contributed by atoms with Gasteiger partial charge in [-0.3, -0.25) is 4.90 Å². The summed E-state index contributed by atoms with van der Waals surface area (Å²) >= 11 is 0. The summed E-state index contributed by atoms with van der Waals surface area (Å²) in [4.78, 5) is 9.78. The van der Waals surface area contributed by atoms with E-state index in [0.717, 1.165) is 63.4 Å². The molecule has 156 valence electrons. The molecule has 1 aromatic carbocycles. The topological polar surface area (TPSA) is 58.6 Å². The van der Waals surface area contributed by atoms with Gasteiger partial charge >= 0.3 is 0 Å². The number of benzene rings is 1. The third-order valence-electron chi connectivity index (χ3n) is 5.25. The monoisotopic (exact) mass is 390 g/mol. The number of rotatable bonds is 7. The standard InChI is InChI=1S/C21H34N4O3/c1-4-22-21(25-10-9-18(16-25)24-11-13-27-14-12-24)23-15-17(2)28-20-7-5-19(26-3)6-8-20/h5-8,17-18H,4,9-16H2,1-3H3,(H,22,23). The van der Waals surface area contributed by atoms with Crippen molar-refractivity contribution >= 4 is 5.96 Å². The lowest BCUT2D eigenvalue weighted by Crippen LogP contribution is -2.46. The number of ether oxygens (including phenoxy) is 3. The second kappa shape index (κ2) is 10.5. The molecule has 2 heterocycles. The molecule has 7 heteroatoms. The predicted molar refractivity (Wildman–Crippen MR) is 111 cm³/mol. The van der Waals surface area contributed by atoms with Gasteiger partial charge in [0.2, 0.25) is 0 Å². The van der Waals surface area contributed by atoms with Crippen LogP contribution in [-0.2, 0) is 4.74 Å². The average Bonchev–Trinajstić information content (AvgIpc) is 3.22. The fourth-order valence-electron chi connectivity index (χ4n) is 3.74. The van der Waals surface area contributed by atoms with Crippen LogP contribution in [0.4, 0.5) is 0 Å². The maximum Gasteiger partial charge on any atom is 0.194 e. The molecule has 1 aromatic rings. The Hall–Kier alpha value is -1.99. The number of methoxy groups -OCH3 is 1. The third kappa shape index (κ3) is 5.75. The highest BCUT2D eigenvalue weighted by Gasteiger charge is 2.30. The molecule has 3 rings (SSSR count). The SMILES string of the molecule is CCNC(=NCC(C)Oc1ccc(OC)cc1)N1CCC(N2CCOCC2)C1. The van der Waals surface area contributed by atoms with E-state index in [9.17, 15) is 0 Å². The van der Waals surface area contributed by atoms with Crippen molar-refractivity contribution in [3.63, 3.8) is 0 Å². The zero-order valence-electron chi connectivity index (χ0n) is 17.4. The number of guanidine groups is 1. The molecule has 0 bridgehead atoms. The van der Waals surface area contributed by atoms with Gasteiger partial charge in [0.25, 0.3) is 0 Å². The first kappa shape index (κ1) is 20.7. The van der Waals surface area contributed by atoms with E-state index in [2.05, 4.69) is 29.0 Å². The molecule has 7 nitrogen and oxygen atoms in total. The Bertz CT molecular complexity index is 617. The molecular weight excluding hydrogens is 356 g/mol. The Kier molecular flexibility index (Phi) is 7.80. The van der Waals surface area contributed by atoms with Crippen molar-refractivity contribution in [2.45, 2.75) is 32.4 Å². The maximum atomic E-state index is 5.99. The van der Waals surface area contributed by atoms with E-state index < -0.39 is 0 Å². The van der Waals surface area contributed by atoms with Crippen LogP contribution in [-0.4, -0.2) is 87.5 Å². The molecule has 1 N–H and O–H groups in total. The van der Waals surface area contributed by atoms with Crippen LogP contribution in [0.3, 0.4) is 0 Å². The fraction of sp³-hybridized carbons (Fsp3) is 0.667. The lowest BCUT2D eigenvalue weighted by atomic mass is 10.2. The lowest BCUT2D eigenvalue weighted by Gasteiger charge is -2.32. The molecule has 2 saturated heterocycles. The van der Waals surface area contributed by atoms with Crippen LogP contribution in [0.1, 0.15) is 20.3 Å². The van der Waals surface area contributed by atoms with E-state index in [0.29, 0.717) is 12.6 Å². The van der Waals surface area contributed by atoms with E-state index in [4.69, 9.17) is 19.2 Å². The summed E-state index contributed by atoms with van der Waals surface area (Å²) in [5, 5.41) is 3.44. The van der Waals surface area contributed by atoms with Gasteiger partial charge in [0.1, 0.15) is 17.6 Å². The van der Waals surface area contributed by atoms with Crippen LogP contribution in [0.25, 0.3) is 0 Å². The minimum atomic E-state index is -0.000283. The van der Waals surface area contributed by atoms with Crippen LogP contribution < -0.4 is 14.8 Å². The number of hydrogen-bond donors (Lipinski definition) is 1. The first-order valence-electron chi connectivity index (χ1n) is 10.4. The van der Waals surface area contributed by atoms with Crippen molar-refractivity contribution in [1.82, 2.24) is 15.1 Å². The van der Waals surface area contributed by atoms with Gasteiger partial charge in [0, 0.05) is 38.8 Å². The minimum Gasteiger partial charge on any atom is -0.497 e. The molecule has 0 aliphatic carbocycles. The first-order valence-corrected chi connectivity index (χ1v) is 10.4. The summed E-state index contributed by atoms with van der Waals surface area (Å²) in [7, 11) is 1.66. The molecule has 0 radical (unpaired) electrons. The maximum absolute atomic E-state index is 5.99. The summed E-state index contributed by atoms with van der Waals surface area (Å²) in [6.45, 7) is 11.5. The van der Waals surface area contributed by atoms with E-state index in [-0.39, 0.29) is 6.10 Å². The zero-order valence-corrected chi connectivity index (χ0v) is 17.4. The third-order valence-corrected chi connectivity index (χ3v) is 5.25. The molecule has 2 fully saturated rings. The van der Waals surface area contributed by atoms with Crippen molar-refractivity contribution in [2.75, 3.05) is 59.6 Å². The molecule has 0 aromatic heterocycles. The highest BCUT2D eigenvalue weighted by Crippen LogP contribution is 2.19. The Morgan fingerprint density at radius 3 is 2.61 bits per heavy atom. The van der Waals surface area contributed by atoms with E-state index in [1.165, 1.54) is 6.42 Å². The van der Waals surface area contributed by atoms with E-state index in [1.54, 1.807) is 7.11 Å². The van der Waals surface area contributed by atoms with Crippen LogP contribution in [0.5, 0.6) is 11.5 Å². The number of nitrogens with zero attached hydrogens (tertiary/aromatic N) is 3. The van der Waals surface area contributed by atoms with Gasteiger partial charge in [0.15, 0.2) is 5.96 Å². The quantitative estimate of drug-likeness (QED) is 0.566. The van der Waals surface area contributed by atoms with Gasteiger partial charge in [-0.1, -0.05) is 0 Å². The number of morpholine rings is 1. The van der Waals surface area contributed by atoms with Gasteiger partial charge in [-0.2, -0.15) is 0 Å². The first-order chi connectivity index (χ1) is 13.7. The van der Waals surface area contributed by atoms with Crippen molar-refractivity contribution in [3.05, 3.63) is 24.3 Å². The van der Waals surface area contributed by atoms with E-state index in [1.807, 2.05) is 24.3 Å². The van der Waals surface area contributed by atoms with Crippen LogP contribution >= 0.6 is 0 Å². The Labute approximate surface area is 168 Å². The summed E-state index contributed by atoms with van der Waals surface area (Å²) in [6, 6.07) is 8.27. The number of hydrogen-bond acceptors (Lipinski definition) is 5. The Morgan fingerprint density at radius 1 is 1.21 bits per heavy atom. The highest BCUT2D eigenvalue weighted by atomic mass is 16.5. The Morgan fingerprint density at radius 2 is 1.93 bits per heavy atom. The predicted octanol–water partition coefficient (Wildman–Crippen LogP) is 1.83. The summed E-state index contributed by atoms with van der Waals surface area (Å²) in [5.41, 5.74) is 0. The van der Waals surface area contributed by atoms with Crippen LogP contribution in [0.2, 0.25) is 0 Å². The van der Waals surface area contributed by atoms with Crippen molar-refractivity contribution in [1.29, 1.82) is 0 Å². The largest absolute Gasteiger partial charge is 0.497 e. The molecular formula is C21H34N4O3. The molecule has 0 saturated carbocycles. The van der Waals surface area contributed by atoms with Crippen molar-refractivity contribution in [2.24, 2.45) is 4.99 Å². The van der Waals surface area contributed by atoms with E-state index >= 15 is 0 Å². The smallest absolute Gasteiger partial charge is 0.194 e. The summed E-state index contributed by atoms with van der Waals surface area (Å²) in [6.07, 6.45) is 1.18. The highest BCUT2D eigenvalue weighted by molar-refractivity contribution is 5.80. The van der Waals surface area contributed by atoms with Crippen LogP contribution in [0.15, 0.2) is 29.3 Å². The summed E-state index contributed by atoms with van der Waals surface area (Å²) < 4.78 is 16.7. The number of likely N-dealkylation sites (tertiary alicyclic amines) is 1. The van der Waals surface area contributed by atoms with Gasteiger partial charge in [0.05, 0.1) is 26.9 Å². The van der Waals surface area contributed by atoms with Crippen molar-refractivity contribution < 1.29 is 14.2 Å². The van der Waals surface area contributed by atoms with Gasteiger partial charge in [-0.15, -0.1) is 0 Å². The molecule has 2 atom stereocenters. The number of nitrogens with one attached hydrogen (secondary N) is 1. The second-order valence-corrected chi connectivity index (χ2v) is 7.34. The average molecular weight is 391 g/mol. The molecule has 2 aliphatic heterocycles. The van der Waals surface area contributed by atoms with Crippen LogP contribution in [0, 0.1) is 0 Å². The molecule has 28 heavy (non-hydrogen) atoms. The molecule has 0 spiro atoms. The molecule has 0 amide bonds. The molecule has 2 unspecified atom stereocenters. The van der Waals surface area contributed by atoms with Gasteiger partial charge in [-0.25, -0.2) is 4.99 Å². The minimum absolute atomic E-state index is 0.000283. The second-order valence-electron chi connectivity index (χ2n) is 7.34. The van der Waals surface area contributed by atoms with Crippen molar-refractivity contribution in [3.8, 4) is 11.5 Å². The molecule has 2 aliphatic rings. The summed E-state index contributed by atoms with van der Waals surface area (Å²) in [5.74, 6) is 2.65.